The number of carbonyl (C=O) groups is 1. The van der Waals surface area contributed by atoms with Crippen LogP contribution in [0.3, 0.4) is 0 Å². The second kappa shape index (κ2) is 7.15. The quantitative estimate of drug-likeness (QED) is 0.734. The van der Waals surface area contributed by atoms with Crippen LogP contribution < -0.4 is 5.32 Å². The predicted octanol–water partition coefficient (Wildman–Crippen LogP) is 3.95. The Morgan fingerprint density at radius 1 is 1.15 bits per heavy atom. The Labute approximate surface area is 155 Å². The first kappa shape index (κ1) is 17.1. The highest BCUT2D eigenvalue weighted by atomic mass is 19.1. The third kappa shape index (κ3) is 3.65. The molecule has 0 amide bonds. The van der Waals surface area contributed by atoms with Crippen LogP contribution >= 0.6 is 0 Å². The first-order valence-corrected chi connectivity index (χ1v) is 8.80. The van der Waals surface area contributed by atoms with Crippen molar-refractivity contribution in [1.82, 2.24) is 9.97 Å². The van der Waals surface area contributed by atoms with Crippen molar-refractivity contribution in [2.45, 2.75) is 25.3 Å². The highest BCUT2D eigenvalue weighted by molar-refractivity contribution is 5.88. The zero-order valence-corrected chi connectivity index (χ0v) is 14.5. The van der Waals surface area contributed by atoms with Crippen molar-refractivity contribution in [2.75, 3.05) is 5.32 Å². The topological polar surface area (TPSA) is 75.1 Å². The Balaban J connectivity index is 1.54. The van der Waals surface area contributed by atoms with Crippen LogP contribution in [0.2, 0.25) is 0 Å². The number of carboxylic acid groups (broad SMARTS) is 1. The summed E-state index contributed by atoms with van der Waals surface area (Å²) in [7, 11) is 0. The largest absolute Gasteiger partial charge is 0.478 e. The van der Waals surface area contributed by atoms with Crippen LogP contribution in [-0.4, -0.2) is 27.1 Å². The second-order valence-corrected chi connectivity index (χ2v) is 6.62. The van der Waals surface area contributed by atoms with E-state index in [-0.39, 0.29) is 11.6 Å². The van der Waals surface area contributed by atoms with Crippen LogP contribution in [0.25, 0.3) is 11.3 Å². The van der Waals surface area contributed by atoms with E-state index in [2.05, 4.69) is 15.3 Å². The smallest absolute Gasteiger partial charge is 0.338 e. The minimum absolute atomic E-state index is 0.0654. The van der Waals surface area contributed by atoms with E-state index in [1.54, 1.807) is 6.20 Å². The number of nitrogens with zero attached hydrogens (tertiary/aromatic N) is 2. The van der Waals surface area contributed by atoms with E-state index in [9.17, 15) is 9.18 Å². The van der Waals surface area contributed by atoms with Gasteiger partial charge in [-0.1, -0.05) is 30.3 Å². The Kier molecular flexibility index (Phi) is 4.54. The summed E-state index contributed by atoms with van der Waals surface area (Å²) in [5.41, 5.74) is 3.29. The van der Waals surface area contributed by atoms with Gasteiger partial charge in [-0.15, -0.1) is 0 Å². The molecule has 27 heavy (non-hydrogen) atoms. The van der Waals surface area contributed by atoms with Crippen LogP contribution in [0.15, 0.2) is 54.7 Å². The standard InChI is InChI=1S/C21H18FN3O2/c22-18-12-14-6-7-16(10-15(14)11-17(18)20(26)27)24-21-23-9-8-19(25-21)13-4-2-1-3-5-13/h1-5,8-9,11-12,16H,6-7,10H2,(H,26,27)(H,23,24,25). The molecule has 0 saturated heterocycles. The van der Waals surface area contributed by atoms with Gasteiger partial charge in [0.25, 0.3) is 0 Å². The number of nitrogens with one attached hydrogen (secondary N) is 1. The highest BCUT2D eigenvalue weighted by Crippen LogP contribution is 2.26. The van der Waals surface area contributed by atoms with Crippen LogP contribution in [-0.2, 0) is 12.8 Å². The van der Waals surface area contributed by atoms with E-state index in [4.69, 9.17) is 5.11 Å². The Bertz CT molecular complexity index is 992. The Morgan fingerprint density at radius 3 is 2.74 bits per heavy atom. The van der Waals surface area contributed by atoms with Crippen molar-refractivity contribution in [2.24, 2.45) is 0 Å². The SMILES string of the molecule is O=C(O)c1cc2c(cc1F)CCC(Nc1nccc(-c3ccccc3)n1)C2. The van der Waals surface area contributed by atoms with Gasteiger partial charge >= 0.3 is 5.97 Å². The van der Waals surface area contributed by atoms with Gasteiger partial charge in [-0.25, -0.2) is 19.2 Å². The van der Waals surface area contributed by atoms with Gasteiger partial charge in [0.2, 0.25) is 5.95 Å². The highest BCUT2D eigenvalue weighted by Gasteiger charge is 2.23. The average molecular weight is 363 g/mol. The summed E-state index contributed by atoms with van der Waals surface area (Å²) >= 11 is 0. The number of anilines is 1. The molecule has 1 aliphatic rings. The van der Waals surface area contributed by atoms with Crippen LogP contribution in [0.5, 0.6) is 0 Å². The number of aromatic nitrogens is 2. The summed E-state index contributed by atoms with van der Waals surface area (Å²) in [4.78, 5) is 20.1. The van der Waals surface area contributed by atoms with Crippen LogP contribution in [0.1, 0.15) is 27.9 Å². The monoisotopic (exact) mass is 363 g/mol. The number of halogens is 1. The number of hydrogen-bond acceptors (Lipinski definition) is 4. The molecule has 0 spiro atoms. The lowest BCUT2D eigenvalue weighted by molar-refractivity contribution is 0.0691. The maximum Gasteiger partial charge on any atom is 0.338 e. The first-order chi connectivity index (χ1) is 13.1. The van der Waals surface area contributed by atoms with Crippen molar-refractivity contribution in [3.8, 4) is 11.3 Å². The van der Waals surface area contributed by atoms with Gasteiger partial charge in [0.05, 0.1) is 11.3 Å². The van der Waals surface area contributed by atoms with Crippen molar-refractivity contribution >= 4 is 11.9 Å². The second-order valence-electron chi connectivity index (χ2n) is 6.62. The molecule has 4 rings (SSSR count). The zero-order valence-electron chi connectivity index (χ0n) is 14.5. The van der Waals surface area contributed by atoms with E-state index in [0.717, 1.165) is 28.8 Å². The Morgan fingerprint density at radius 2 is 1.96 bits per heavy atom. The average Bonchev–Trinajstić information content (AvgIpc) is 2.68. The summed E-state index contributed by atoms with van der Waals surface area (Å²) in [6.45, 7) is 0. The zero-order chi connectivity index (χ0) is 18.8. The molecule has 1 aliphatic carbocycles. The fraction of sp³-hybridized carbons (Fsp3) is 0.190. The van der Waals surface area contributed by atoms with Gasteiger partial charge in [-0.2, -0.15) is 0 Å². The molecule has 136 valence electrons. The van der Waals surface area contributed by atoms with E-state index >= 15 is 0 Å². The van der Waals surface area contributed by atoms with Crippen molar-refractivity contribution < 1.29 is 14.3 Å². The van der Waals surface area contributed by atoms with Gasteiger partial charge < -0.3 is 10.4 Å². The number of aromatic carboxylic acids is 1. The van der Waals surface area contributed by atoms with Crippen molar-refractivity contribution in [3.05, 3.63) is 77.2 Å². The van der Waals surface area contributed by atoms with Gasteiger partial charge in [-0.05, 0) is 48.6 Å². The van der Waals surface area contributed by atoms with E-state index in [0.29, 0.717) is 18.8 Å². The van der Waals surface area contributed by atoms with Gasteiger partial charge in [-0.3, -0.25) is 0 Å². The molecular formula is C21H18FN3O2. The number of aryl methyl sites for hydroxylation is 1. The van der Waals surface area contributed by atoms with Gasteiger partial charge in [0.1, 0.15) is 5.82 Å². The molecule has 1 unspecified atom stereocenters. The van der Waals surface area contributed by atoms with Crippen LogP contribution in [0.4, 0.5) is 10.3 Å². The maximum atomic E-state index is 13.9. The lowest BCUT2D eigenvalue weighted by Crippen LogP contribution is -2.28. The fourth-order valence-corrected chi connectivity index (χ4v) is 3.45. The number of benzene rings is 2. The summed E-state index contributed by atoms with van der Waals surface area (Å²) < 4.78 is 13.9. The molecule has 0 fully saturated rings. The normalized spacial score (nSPS) is 15.8. The summed E-state index contributed by atoms with van der Waals surface area (Å²) in [5, 5.41) is 12.5. The Hall–Kier alpha value is -3.28. The van der Waals surface area contributed by atoms with Crippen molar-refractivity contribution in [3.63, 3.8) is 0 Å². The number of carboxylic acids is 1. The van der Waals surface area contributed by atoms with Gasteiger partial charge in [0.15, 0.2) is 0 Å². The summed E-state index contributed by atoms with van der Waals surface area (Å²) in [6.07, 6.45) is 3.81. The first-order valence-electron chi connectivity index (χ1n) is 8.80. The van der Waals surface area contributed by atoms with Gasteiger partial charge in [0, 0.05) is 17.8 Å². The molecule has 0 bridgehead atoms. The number of rotatable bonds is 4. The molecule has 2 aromatic carbocycles. The molecule has 1 atom stereocenters. The van der Waals surface area contributed by atoms with E-state index < -0.39 is 11.8 Å². The third-order valence-corrected chi connectivity index (χ3v) is 4.81. The number of hydrogen-bond donors (Lipinski definition) is 2. The molecule has 3 aromatic rings. The molecule has 5 nitrogen and oxygen atoms in total. The summed E-state index contributed by atoms with van der Waals surface area (Å²) in [6, 6.07) is 14.6. The molecule has 6 heteroatoms. The molecule has 1 heterocycles. The number of fused-ring (bicyclic) bond motifs is 1. The van der Waals surface area contributed by atoms with Crippen LogP contribution in [0, 0.1) is 5.82 Å². The molecule has 1 aromatic heterocycles. The van der Waals surface area contributed by atoms with E-state index in [1.165, 1.54) is 12.1 Å². The maximum absolute atomic E-state index is 13.9. The van der Waals surface area contributed by atoms with Crippen molar-refractivity contribution in [1.29, 1.82) is 0 Å². The fourth-order valence-electron chi connectivity index (χ4n) is 3.45. The molecule has 0 radical (unpaired) electrons. The molecular weight excluding hydrogens is 345 g/mol. The predicted molar refractivity (Wildman–Crippen MR) is 100 cm³/mol. The van der Waals surface area contributed by atoms with E-state index in [1.807, 2.05) is 36.4 Å². The minimum Gasteiger partial charge on any atom is -0.478 e. The molecule has 0 saturated carbocycles. The lowest BCUT2D eigenvalue weighted by Gasteiger charge is -2.26. The summed E-state index contributed by atoms with van der Waals surface area (Å²) in [5.74, 6) is -1.39. The molecule has 0 aliphatic heterocycles. The lowest BCUT2D eigenvalue weighted by atomic mass is 9.87. The minimum atomic E-state index is -1.25. The molecule has 2 N–H and O–H groups in total. The third-order valence-electron chi connectivity index (χ3n) is 4.81.